The molecule has 0 aromatic rings. The molecule has 0 unspecified atom stereocenters. The fourth-order valence-electron chi connectivity index (χ4n) is 0.862. The fourth-order valence-corrected chi connectivity index (χ4v) is 0.862. The second-order valence-corrected chi connectivity index (χ2v) is 3.51. The molecule has 1 aliphatic carbocycles. The Labute approximate surface area is 62.7 Å². The predicted molar refractivity (Wildman–Crippen MR) is 41.8 cm³/mol. The highest BCUT2D eigenvalue weighted by Gasteiger charge is 2.37. The van der Waals surface area contributed by atoms with Crippen LogP contribution in [-0.4, -0.2) is 19.8 Å². The Morgan fingerprint density at radius 1 is 1.50 bits per heavy atom. The lowest BCUT2D eigenvalue weighted by atomic mass is 10.2. The molecular formula is C8H17NO. The number of rotatable bonds is 5. The zero-order valence-electron chi connectivity index (χ0n) is 6.73. The van der Waals surface area contributed by atoms with Crippen LogP contribution in [-0.2, 0) is 4.74 Å². The zero-order valence-corrected chi connectivity index (χ0v) is 6.73. The molecule has 2 heteroatoms. The van der Waals surface area contributed by atoms with Gasteiger partial charge in [0.05, 0.1) is 6.61 Å². The summed E-state index contributed by atoms with van der Waals surface area (Å²) in [7, 11) is 0. The highest BCUT2D eigenvalue weighted by Crippen LogP contribution is 2.44. The van der Waals surface area contributed by atoms with E-state index in [1.54, 1.807) is 0 Å². The Bertz CT molecular complexity index is 99.4. The average Bonchev–Trinajstić information content (AvgIpc) is 2.62. The quantitative estimate of drug-likeness (QED) is 0.586. The van der Waals surface area contributed by atoms with Gasteiger partial charge in [0.1, 0.15) is 0 Å². The van der Waals surface area contributed by atoms with Gasteiger partial charge in [0.15, 0.2) is 0 Å². The molecule has 1 aliphatic rings. The van der Waals surface area contributed by atoms with E-state index in [2.05, 4.69) is 6.92 Å². The minimum atomic E-state index is 0.536. The molecule has 60 valence electrons. The Morgan fingerprint density at radius 3 is 2.70 bits per heavy atom. The Morgan fingerprint density at radius 2 is 2.20 bits per heavy atom. The number of ether oxygens (including phenoxy) is 1. The lowest BCUT2D eigenvalue weighted by Crippen LogP contribution is -2.09. The van der Waals surface area contributed by atoms with E-state index in [0.29, 0.717) is 5.41 Å². The molecular weight excluding hydrogens is 126 g/mol. The third kappa shape index (κ3) is 2.67. The van der Waals surface area contributed by atoms with Crippen molar-refractivity contribution in [2.45, 2.75) is 26.2 Å². The second kappa shape index (κ2) is 3.35. The van der Waals surface area contributed by atoms with Crippen molar-refractivity contribution < 1.29 is 4.74 Å². The maximum absolute atomic E-state index is 5.42. The minimum absolute atomic E-state index is 0.536. The van der Waals surface area contributed by atoms with Crippen LogP contribution in [0.1, 0.15) is 26.2 Å². The summed E-state index contributed by atoms with van der Waals surface area (Å²) < 4.78 is 5.42. The molecule has 1 saturated carbocycles. The topological polar surface area (TPSA) is 35.2 Å². The van der Waals surface area contributed by atoms with Crippen molar-refractivity contribution in [2.75, 3.05) is 19.8 Å². The molecule has 0 radical (unpaired) electrons. The monoisotopic (exact) mass is 143 g/mol. The average molecular weight is 143 g/mol. The molecule has 0 amide bonds. The van der Waals surface area contributed by atoms with Crippen LogP contribution >= 0.6 is 0 Å². The van der Waals surface area contributed by atoms with Gasteiger partial charge >= 0.3 is 0 Å². The summed E-state index contributed by atoms with van der Waals surface area (Å²) in [6.45, 7) is 4.80. The molecule has 0 spiro atoms. The third-order valence-electron chi connectivity index (χ3n) is 2.05. The predicted octanol–water partition coefficient (Wildman–Crippen LogP) is 1.15. The SMILES string of the molecule is CC1(COCCCN)CC1. The molecule has 10 heavy (non-hydrogen) atoms. The van der Waals surface area contributed by atoms with Gasteiger partial charge in [-0.3, -0.25) is 0 Å². The van der Waals surface area contributed by atoms with Crippen LogP contribution in [0.25, 0.3) is 0 Å². The summed E-state index contributed by atoms with van der Waals surface area (Å²) in [6.07, 6.45) is 3.68. The lowest BCUT2D eigenvalue weighted by Gasteiger charge is -2.07. The summed E-state index contributed by atoms with van der Waals surface area (Å²) >= 11 is 0. The summed E-state index contributed by atoms with van der Waals surface area (Å²) in [6, 6.07) is 0. The van der Waals surface area contributed by atoms with Crippen LogP contribution in [0.15, 0.2) is 0 Å². The number of hydrogen-bond donors (Lipinski definition) is 1. The maximum Gasteiger partial charge on any atom is 0.0519 e. The van der Waals surface area contributed by atoms with Gasteiger partial charge in [-0.2, -0.15) is 0 Å². The van der Waals surface area contributed by atoms with Crippen molar-refractivity contribution >= 4 is 0 Å². The van der Waals surface area contributed by atoms with E-state index in [0.717, 1.165) is 26.2 Å². The molecule has 0 aromatic heterocycles. The van der Waals surface area contributed by atoms with Crippen LogP contribution in [0.2, 0.25) is 0 Å². The summed E-state index contributed by atoms with van der Waals surface area (Å²) in [5.74, 6) is 0. The Hall–Kier alpha value is -0.0800. The van der Waals surface area contributed by atoms with Gasteiger partial charge in [-0.25, -0.2) is 0 Å². The van der Waals surface area contributed by atoms with Gasteiger partial charge in [0, 0.05) is 6.61 Å². The Balaban J connectivity index is 1.86. The van der Waals surface area contributed by atoms with Gasteiger partial charge in [0.25, 0.3) is 0 Å². The van der Waals surface area contributed by atoms with Gasteiger partial charge in [-0.15, -0.1) is 0 Å². The van der Waals surface area contributed by atoms with Crippen LogP contribution in [0, 0.1) is 5.41 Å². The van der Waals surface area contributed by atoms with Crippen molar-refractivity contribution in [2.24, 2.45) is 11.1 Å². The van der Waals surface area contributed by atoms with Gasteiger partial charge in [-0.1, -0.05) is 6.92 Å². The molecule has 0 atom stereocenters. The van der Waals surface area contributed by atoms with E-state index in [4.69, 9.17) is 10.5 Å². The van der Waals surface area contributed by atoms with Crippen molar-refractivity contribution in [3.63, 3.8) is 0 Å². The molecule has 0 heterocycles. The van der Waals surface area contributed by atoms with E-state index in [1.807, 2.05) is 0 Å². The maximum atomic E-state index is 5.42. The second-order valence-electron chi connectivity index (χ2n) is 3.51. The Kier molecular flexibility index (Phi) is 2.69. The number of nitrogens with two attached hydrogens (primary N) is 1. The van der Waals surface area contributed by atoms with E-state index in [-0.39, 0.29) is 0 Å². The first-order chi connectivity index (χ1) is 4.77. The summed E-state index contributed by atoms with van der Waals surface area (Å²) in [4.78, 5) is 0. The van der Waals surface area contributed by atoms with Crippen molar-refractivity contribution in [3.05, 3.63) is 0 Å². The smallest absolute Gasteiger partial charge is 0.0519 e. The normalized spacial score (nSPS) is 21.0. The largest absolute Gasteiger partial charge is 0.381 e. The highest BCUT2D eigenvalue weighted by atomic mass is 16.5. The van der Waals surface area contributed by atoms with Gasteiger partial charge < -0.3 is 10.5 Å². The molecule has 0 aliphatic heterocycles. The van der Waals surface area contributed by atoms with Crippen LogP contribution in [0.3, 0.4) is 0 Å². The third-order valence-corrected chi connectivity index (χ3v) is 2.05. The van der Waals surface area contributed by atoms with Crippen LogP contribution in [0.5, 0.6) is 0 Å². The highest BCUT2D eigenvalue weighted by molar-refractivity contribution is 4.87. The first-order valence-corrected chi connectivity index (χ1v) is 4.05. The van der Waals surface area contributed by atoms with Crippen molar-refractivity contribution in [1.82, 2.24) is 0 Å². The molecule has 2 nitrogen and oxygen atoms in total. The first-order valence-electron chi connectivity index (χ1n) is 4.05. The fraction of sp³-hybridized carbons (Fsp3) is 1.00. The minimum Gasteiger partial charge on any atom is -0.381 e. The summed E-state index contributed by atoms with van der Waals surface area (Å²) in [5.41, 5.74) is 5.85. The van der Waals surface area contributed by atoms with Crippen LogP contribution in [0.4, 0.5) is 0 Å². The van der Waals surface area contributed by atoms with E-state index in [9.17, 15) is 0 Å². The van der Waals surface area contributed by atoms with E-state index >= 15 is 0 Å². The number of hydrogen-bond acceptors (Lipinski definition) is 2. The lowest BCUT2D eigenvalue weighted by molar-refractivity contribution is 0.0958. The summed E-state index contributed by atoms with van der Waals surface area (Å²) in [5, 5.41) is 0. The van der Waals surface area contributed by atoms with Gasteiger partial charge in [0.2, 0.25) is 0 Å². The van der Waals surface area contributed by atoms with Gasteiger partial charge in [-0.05, 0) is 31.2 Å². The molecule has 0 aromatic carbocycles. The molecule has 1 fully saturated rings. The van der Waals surface area contributed by atoms with Crippen LogP contribution < -0.4 is 5.73 Å². The van der Waals surface area contributed by atoms with Crippen molar-refractivity contribution in [1.29, 1.82) is 0 Å². The first kappa shape index (κ1) is 8.02. The standard InChI is InChI=1S/C8H17NO/c1-8(3-4-8)7-10-6-2-5-9/h2-7,9H2,1H3. The zero-order chi connectivity index (χ0) is 7.45. The molecule has 0 bridgehead atoms. The molecule has 2 N–H and O–H groups in total. The van der Waals surface area contributed by atoms with E-state index < -0.39 is 0 Å². The molecule has 0 saturated heterocycles. The van der Waals surface area contributed by atoms with E-state index in [1.165, 1.54) is 12.8 Å². The van der Waals surface area contributed by atoms with Crippen molar-refractivity contribution in [3.8, 4) is 0 Å². The molecule has 1 rings (SSSR count).